The number of benzene rings is 1. The van der Waals surface area contributed by atoms with Gasteiger partial charge in [0.2, 0.25) is 11.8 Å². The Balaban J connectivity index is 2.41. The minimum Gasteiger partial charge on any atom is -0.491 e. The van der Waals surface area contributed by atoms with Crippen LogP contribution in [0.25, 0.3) is 0 Å². The second-order valence-corrected chi connectivity index (χ2v) is 8.00. The van der Waals surface area contributed by atoms with Gasteiger partial charge in [-0.25, -0.2) is 8.42 Å². The van der Waals surface area contributed by atoms with Gasteiger partial charge in [0.1, 0.15) is 5.75 Å². The molecule has 1 aromatic carbocycles. The number of sulfone groups is 1. The zero-order chi connectivity index (χ0) is 18.9. The topological polar surface area (TPSA) is 102 Å². The van der Waals surface area contributed by atoms with Crippen LogP contribution in [0.2, 0.25) is 0 Å². The van der Waals surface area contributed by atoms with Gasteiger partial charge in [0.25, 0.3) is 0 Å². The van der Waals surface area contributed by atoms with Crippen LogP contribution in [-0.2, 0) is 19.4 Å². The van der Waals surface area contributed by atoms with E-state index in [-0.39, 0.29) is 35.0 Å². The predicted molar refractivity (Wildman–Crippen MR) is 95.2 cm³/mol. The van der Waals surface area contributed by atoms with Crippen molar-refractivity contribution in [3.05, 3.63) is 24.3 Å². The molecule has 0 bridgehead atoms. The molecule has 7 nitrogen and oxygen atoms in total. The van der Waals surface area contributed by atoms with Crippen LogP contribution in [0.4, 0.5) is 0 Å². The van der Waals surface area contributed by atoms with E-state index in [0.29, 0.717) is 25.3 Å². The lowest BCUT2D eigenvalue weighted by Crippen LogP contribution is -2.29. The molecule has 25 heavy (non-hydrogen) atoms. The molecule has 0 aliphatic heterocycles. The summed E-state index contributed by atoms with van der Waals surface area (Å²) in [5.74, 6) is -0.103. The van der Waals surface area contributed by atoms with Gasteiger partial charge in [0.15, 0.2) is 9.84 Å². The summed E-state index contributed by atoms with van der Waals surface area (Å²) >= 11 is 0. The normalized spacial score (nSPS) is 11.2. The van der Waals surface area contributed by atoms with E-state index < -0.39 is 9.84 Å². The van der Waals surface area contributed by atoms with E-state index >= 15 is 0 Å². The summed E-state index contributed by atoms with van der Waals surface area (Å²) in [7, 11) is -3.52. The predicted octanol–water partition coefficient (Wildman–Crippen LogP) is 1.28. The average molecular weight is 370 g/mol. The fourth-order valence-electron chi connectivity index (χ4n) is 2.01. The van der Waals surface area contributed by atoms with Gasteiger partial charge in [-0.15, -0.1) is 0 Å². The molecule has 0 unspecified atom stereocenters. The molecule has 1 aromatic rings. The number of hydrogen-bond acceptors (Lipinski definition) is 5. The summed E-state index contributed by atoms with van der Waals surface area (Å²) in [5, 5.41) is 5.25. The molecule has 1 rings (SSSR count). The van der Waals surface area contributed by atoms with Crippen molar-refractivity contribution in [1.29, 1.82) is 0 Å². The van der Waals surface area contributed by atoms with Crippen LogP contribution < -0.4 is 15.4 Å². The SMILES string of the molecule is CC(=O)NCCCNC(=O)CCS(=O)(=O)c1ccc(OC(C)C)cc1. The Bertz CT molecular complexity index is 669. The number of carbonyl (C=O) groups is 2. The first-order valence-electron chi connectivity index (χ1n) is 8.21. The third kappa shape index (κ3) is 8.53. The lowest BCUT2D eigenvalue weighted by Gasteiger charge is -2.10. The molecule has 0 aliphatic rings. The largest absolute Gasteiger partial charge is 0.491 e. The third-order valence-corrected chi connectivity index (χ3v) is 4.93. The van der Waals surface area contributed by atoms with Gasteiger partial charge < -0.3 is 15.4 Å². The molecule has 0 saturated heterocycles. The molecule has 0 heterocycles. The van der Waals surface area contributed by atoms with Crippen molar-refractivity contribution in [3.63, 3.8) is 0 Å². The molecule has 0 saturated carbocycles. The summed E-state index contributed by atoms with van der Waals surface area (Å²) in [6.07, 6.45) is 0.499. The van der Waals surface area contributed by atoms with Crippen molar-refractivity contribution in [2.24, 2.45) is 0 Å². The molecule has 2 N–H and O–H groups in total. The van der Waals surface area contributed by atoms with Crippen LogP contribution in [0.1, 0.15) is 33.6 Å². The smallest absolute Gasteiger partial charge is 0.221 e. The Kier molecular flexibility index (Phi) is 8.40. The van der Waals surface area contributed by atoms with E-state index in [2.05, 4.69) is 10.6 Å². The van der Waals surface area contributed by atoms with Gasteiger partial charge in [0, 0.05) is 26.4 Å². The van der Waals surface area contributed by atoms with Crippen LogP contribution in [0.5, 0.6) is 5.75 Å². The van der Waals surface area contributed by atoms with Crippen molar-refractivity contribution in [2.75, 3.05) is 18.8 Å². The molecule has 0 fully saturated rings. The number of rotatable bonds is 10. The van der Waals surface area contributed by atoms with Gasteiger partial charge in [-0.3, -0.25) is 9.59 Å². The van der Waals surface area contributed by atoms with Crippen molar-refractivity contribution in [2.45, 2.75) is 44.6 Å². The van der Waals surface area contributed by atoms with Crippen molar-refractivity contribution in [3.8, 4) is 5.75 Å². The molecule has 0 aliphatic carbocycles. The average Bonchev–Trinajstić information content (AvgIpc) is 2.52. The zero-order valence-electron chi connectivity index (χ0n) is 14.9. The van der Waals surface area contributed by atoms with Crippen LogP contribution >= 0.6 is 0 Å². The molecular formula is C17H26N2O5S. The Morgan fingerprint density at radius 3 is 2.24 bits per heavy atom. The Labute approximate surface area is 149 Å². The minimum atomic E-state index is -3.52. The van der Waals surface area contributed by atoms with E-state index in [0.717, 1.165) is 0 Å². The molecule has 0 spiro atoms. The maximum atomic E-state index is 12.3. The summed E-state index contributed by atoms with van der Waals surface area (Å²) in [4.78, 5) is 22.6. The first-order valence-corrected chi connectivity index (χ1v) is 9.86. The summed E-state index contributed by atoms with van der Waals surface area (Å²) in [6.45, 7) is 6.06. The maximum absolute atomic E-state index is 12.3. The Morgan fingerprint density at radius 2 is 1.68 bits per heavy atom. The maximum Gasteiger partial charge on any atom is 0.221 e. The van der Waals surface area contributed by atoms with E-state index in [1.54, 1.807) is 12.1 Å². The van der Waals surface area contributed by atoms with Gasteiger partial charge >= 0.3 is 0 Å². The van der Waals surface area contributed by atoms with E-state index in [1.165, 1.54) is 19.1 Å². The molecule has 140 valence electrons. The lowest BCUT2D eigenvalue weighted by atomic mass is 10.3. The number of nitrogens with one attached hydrogen (secondary N) is 2. The molecule has 2 amide bonds. The van der Waals surface area contributed by atoms with E-state index in [4.69, 9.17) is 4.74 Å². The number of amides is 2. The highest BCUT2D eigenvalue weighted by Gasteiger charge is 2.16. The van der Waals surface area contributed by atoms with Crippen LogP contribution in [0, 0.1) is 0 Å². The van der Waals surface area contributed by atoms with Crippen LogP contribution in [-0.4, -0.2) is 45.2 Å². The third-order valence-electron chi connectivity index (χ3n) is 3.20. The summed E-state index contributed by atoms with van der Waals surface area (Å²) in [6, 6.07) is 6.18. The zero-order valence-corrected chi connectivity index (χ0v) is 15.7. The molecule has 0 radical (unpaired) electrons. The summed E-state index contributed by atoms with van der Waals surface area (Å²) < 4.78 is 30.0. The summed E-state index contributed by atoms with van der Waals surface area (Å²) in [5.41, 5.74) is 0. The minimum absolute atomic E-state index is 0.0109. The van der Waals surface area contributed by atoms with Crippen LogP contribution in [0.3, 0.4) is 0 Å². The highest BCUT2D eigenvalue weighted by Crippen LogP contribution is 2.18. The highest BCUT2D eigenvalue weighted by molar-refractivity contribution is 7.91. The second kappa shape index (κ2) is 10.0. The fourth-order valence-corrected chi connectivity index (χ4v) is 3.25. The second-order valence-electron chi connectivity index (χ2n) is 5.89. The van der Waals surface area contributed by atoms with Gasteiger partial charge in [-0.1, -0.05) is 0 Å². The lowest BCUT2D eigenvalue weighted by molar-refractivity contribution is -0.120. The highest BCUT2D eigenvalue weighted by atomic mass is 32.2. The van der Waals surface area contributed by atoms with Gasteiger partial charge in [-0.05, 0) is 44.5 Å². The fraction of sp³-hybridized carbons (Fsp3) is 0.529. The molecular weight excluding hydrogens is 344 g/mol. The van der Waals surface area contributed by atoms with Gasteiger partial charge in [0.05, 0.1) is 16.8 Å². The van der Waals surface area contributed by atoms with Crippen LogP contribution in [0.15, 0.2) is 29.2 Å². The Morgan fingerprint density at radius 1 is 1.08 bits per heavy atom. The monoisotopic (exact) mass is 370 g/mol. The first-order chi connectivity index (χ1) is 11.7. The number of ether oxygens (including phenoxy) is 1. The molecule has 0 atom stereocenters. The van der Waals surface area contributed by atoms with E-state index in [1.807, 2.05) is 13.8 Å². The van der Waals surface area contributed by atoms with Crippen molar-refractivity contribution >= 4 is 21.7 Å². The van der Waals surface area contributed by atoms with E-state index in [9.17, 15) is 18.0 Å². The quantitative estimate of drug-likeness (QED) is 0.604. The number of hydrogen-bond donors (Lipinski definition) is 2. The number of carbonyl (C=O) groups excluding carboxylic acids is 2. The van der Waals surface area contributed by atoms with Crippen molar-refractivity contribution < 1.29 is 22.7 Å². The Hall–Kier alpha value is -2.09. The molecule has 8 heteroatoms. The van der Waals surface area contributed by atoms with Crippen molar-refractivity contribution in [1.82, 2.24) is 10.6 Å². The first kappa shape index (κ1) is 21.0. The van der Waals surface area contributed by atoms with Gasteiger partial charge in [-0.2, -0.15) is 0 Å². The standard InChI is InChI=1S/C17H26N2O5S/c1-13(2)24-15-5-7-16(8-6-15)25(22,23)12-9-17(21)19-11-4-10-18-14(3)20/h5-8,13H,4,9-12H2,1-3H3,(H,18,20)(H,19,21). The molecule has 0 aromatic heterocycles.